The molecule has 0 fully saturated rings. The number of hydrogen-bond acceptors (Lipinski definition) is 6. The van der Waals surface area contributed by atoms with Crippen molar-refractivity contribution in [3.05, 3.63) is 46.5 Å². The van der Waals surface area contributed by atoms with Crippen LogP contribution in [0.1, 0.15) is 59.3 Å². The highest BCUT2D eigenvalue weighted by atomic mass is 16.5. The summed E-state index contributed by atoms with van der Waals surface area (Å²) in [4.78, 5) is 24.2. The summed E-state index contributed by atoms with van der Waals surface area (Å²) in [5.41, 5.74) is 1.54. The number of ether oxygens (including phenoxy) is 2. The summed E-state index contributed by atoms with van der Waals surface area (Å²) in [6.45, 7) is 5.10. The van der Waals surface area contributed by atoms with E-state index in [4.69, 9.17) is 9.47 Å². The van der Waals surface area contributed by atoms with Crippen molar-refractivity contribution in [2.45, 2.75) is 46.1 Å². The van der Waals surface area contributed by atoms with E-state index in [1.807, 2.05) is 6.92 Å². The Morgan fingerprint density at radius 3 is 2.44 bits per heavy atom. The normalized spacial score (nSPS) is 15.8. The molecule has 2 aromatic rings. The average Bonchev–Trinajstić information content (AvgIpc) is 2.64. The molecule has 0 amide bonds. The molecule has 27 heavy (non-hydrogen) atoms. The molecule has 1 atom stereocenters. The lowest BCUT2D eigenvalue weighted by Gasteiger charge is -2.28. The summed E-state index contributed by atoms with van der Waals surface area (Å²) in [6, 6.07) is 6.79. The Labute approximate surface area is 157 Å². The summed E-state index contributed by atoms with van der Waals surface area (Å²) >= 11 is 0. The van der Waals surface area contributed by atoms with Crippen molar-refractivity contribution in [2.75, 3.05) is 0 Å². The van der Waals surface area contributed by atoms with E-state index in [2.05, 4.69) is 0 Å². The molecule has 0 unspecified atom stereocenters. The van der Waals surface area contributed by atoms with E-state index in [0.717, 1.165) is 5.56 Å². The number of ketones is 1. The first-order chi connectivity index (χ1) is 12.8. The number of benzene rings is 2. The van der Waals surface area contributed by atoms with Gasteiger partial charge in [-0.15, -0.1) is 0 Å². The average molecular weight is 370 g/mol. The van der Waals surface area contributed by atoms with E-state index in [-0.39, 0.29) is 46.5 Å². The highest BCUT2D eigenvalue weighted by Gasteiger charge is 2.34. The zero-order valence-electron chi connectivity index (χ0n) is 15.5. The van der Waals surface area contributed by atoms with Crippen LogP contribution in [0.2, 0.25) is 0 Å². The van der Waals surface area contributed by atoms with Crippen LogP contribution in [0, 0.1) is 13.8 Å². The molecule has 0 spiro atoms. The summed E-state index contributed by atoms with van der Waals surface area (Å²) < 4.78 is 11.2. The van der Waals surface area contributed by atoms with E-state index >= 15 is 0 Å². The van der Waals surface area contributed by atoms with Crippen LogP contribution in [0.15, 0.2) is 24.3 Å². The number of phenolic OH excluding ortho intramolecular Hbond substituents is 2. The van der Waals surface area contributed by atoms with Crippen molar-refractivity contribution in [3.8, 4) is 23.0 Å². The molecule has 0 saturated heterocycles. The van der Waals surface area contributed by atoms with Gasteiger partial charge in [0.15, 0.2) is 5.78 Å². The Balaban J connectivity index is 1.87. The molecule has 3 rings (SSSR count). The van der Waals surface area contributed by atoms with Gasteiger partial charge in [-0.2, -0.15) is 0 Å². The van der Waals surface area contributed by atoms with Crippen LogP contribution in [-0.2, 0) is 4.79 Å². The van der Waals surface area contributed by atoms with Crippen LogP contribution in [-0.4, -0.2) is 22.0 Å². The van der Waals surface area contributed by atoms with Gasteiger partial charge in [0, 0.05) is 17.5 Å². The largest absolute Gasteiger partial charge is 0.507 e. The number of Topliss-reactive ketones (excluding diaryl/α,β-unsaturated/α-hetero) is 1. The number of esters is 1. The van der Waals surface area contributed by atoms with Gasteiger partial charge in [-0.05, 0) is 38.0 Å². The summed E-state index contributed by atoms with van der Waals surface area (Å²) in [6.07, 6.45) is 0.585. The molecule has 0 aliphatic carbocycles. The Morgan fingerprint density at radius 2 is 1.81 bits per heavy atom. The molecule has 1 aliphatic rings. The molecule has 2 N–H and O–H groups in total. The monoisotopic (exact) mass is 370 g/mol. The molecule has 1 aliphatic heterocycles. The van der Waals surface area contributed by atoms with Gasteiger partial charge in [0.05, 0.1) is 6.42 Å². The van der Waals surface area contributed by atoms with Crippen molar-refractivity contribution in [2.24, 2.45) is 0 Å². The highest BCUT2D eigenvalue weighted by molar-refractivity contribution is 6.03. The van der Waals surface area contributed by atoms with Gasteiger partial charge in [0.1, 0.15) is 34.7 Å². The molecule has 6 nitrogen and oxygen atoms in total. The first-order valence-electron chi connectivity index (χ1n) is 8.89. The van der Waals surface area contributed by atoms with Gasteiger partial charge in [-0.25, -0.2) is 0 Å². The Hall–Kier alpha value is -3.02. The predicted molar refractivity (Wildman–Crippen MR) is 98.5 cm³/mol. The molecule has 0 radical (unpaired) electrons. The molecular formula is C21H22O6. The van der Waals surface area contributed by atoms with E-state index < -0.39 is 6.10 Å². The molecule has 0 bridgehead atoms. The third kappa shape index (κ3) is 3.47. The summed E-state index contributed by atoms with van der Waals surface area (Å²) in [7, 11) is 0. The van der Waals surface area contributed by atoms with Crippen LogP contribution in [0.4, 0.5) is 0 Å². The van der Waals surface area contributed by atoms with E-state index in [0.29, 0.717) is 24.2 Å². The maximum Gasteiger partial charge on any atom is 0.311 e. The second-order valence-electron chi connectivity index (χ2n) is 6.68. The molecule has 142 valence electrons. The lowest BCUT2D eigenvalue weighted by Crippen LogP contribution is -2.21. The maximum absolute atomic E-state index is 12.6. The Bertz CT molecular complexity index is 898. The van der Waals surface area contributed by atoms with Crippen molar-refractivity contribution in [3.63, 3.8) is 0 Å². The number of hydrogen-bond donors (Lipinski definition) is 2. The maximum atomic E-state index is 12.6. The van der Waals surface area contributed by atoms with Gasteiger partial charge in [-0.1, -0.05) is 19.1 Å². The number of rotatable bonds is 4. The SMILES string of the molecule is CCCC(=O)Oc1ccc([C@@H]2CC(=O)c3c(O)c(C)c(O)c(C)c3O2)cc1. The van der Waals surface area contributed by atoms with Crippen molar-refractivity contribution in [1.29, 1.82) is 0 Å². The zero-order chi connectivity index (χ0) is 19.7. The fraction of sp³-hybridized carbons (Fsp3) is 0.333. The van der Waals surface area contributed by atoms with Crippen LogP contribution in [0.3, 0.4) is 0 Å². The fourth-order valence-electron chi connectivity index (χ4n) is 3.17. The van der Waals surface area contributed by atoms with E-state index in [9.17, 15) is 19.8 Å². The molecule has 0 saturated carbocycles. The highest BCUT2D eigenvalue weighted by Crippen LogP contribution is 2.47. The van der Waals surface area contributed by atoms with Crippen molar-refractivity contribution in [1.82, 2.24) is 0 Å². The van der Waals surface area contributed by atoms with Crippen LogP contribution in [0.25, 0.3) is 0 Å². The lowest BCUT2D eigenvalue weighted by molar-refractivity contribution is -0.134. The zero-order valence-corrected chi connectivity index (χ0v) is 15.5. The number of aromatic hydroxyl groups is 2. The minimum Gasteiger partial charge on any atom is -0.507 e. The third-order valence-corrected chi connectivity index (χ3v) is 4.72. The van der Waals surface area contributed by atoms with Gasteiger partial charge >= 0.3 is 5.97 Å². The molecule has 1 heterocycles. The summed E-state index contributed by atoms with van der Waals surface area (Å²) in [5, 5.41) is 20.4. The molecule has 0 aromatic heterocycles. The van der Waals surface area contributed by atoms with Crippen molar-refractivity contribution >= 4 is 11.8 Å². The van der Waals surface area contributed by atoms with Gasteiger partial charge in [0.2, 0.25) is 0 Å². The Kier molecular flexibility index (Phi) is 5.08. The molecule has 2 aromatic carbocycles. The van der Waals surface area contributed by atoms with E-state index in [1.165, 1.54) is 0 Å². The second kappa shape index (κ2) is 7.31. The second-order valence-corrected chi connectivity index (χ2v) is 6.68. The van der Waals surface area contributed by atoms with E-state index in [1.54, 1.807) is 38.1 Å². The van der Waals surface area contributed by atoms with Crippen LogP contribution in [0.5, 0.6) is 23.0 Å². The summed E-state index contributed by atoms with van der Waals surface area (Å²) in [5.74, 6) is -0.228. The first-order valence-corrected chi connectivity index (χ1v) is 8.89. The molecular weight excluding hydrogens is 348 g/mol. The topological polar surface area (TPSA) is 93.1 Å². The number of carbonyl (C=O) groups is 2. The van der Waals surface area contributed by atoms with Gasteiger partial charge in [0.25, 0.3) is 0 Å². The standard InChI is InChI=1S/C21H22O6/c1-4-5-17(23)26-14-8-6-13(7-9-14)16-10-15(22)18-20(25)11(2)19(24)12(3)21(18)27-16/h6-9,16,24-25H,4-5,10H2,1-3H3/t16-/m0/s1. The lowest BCUT2D eigenvalue weighted by atomic mass is 9.92. The number of fused-ring (bicyclic) bond motifs is 1. The van der Waals surface area contributed by atoms with Crippen molar-refractivity contribution < 1.29 is 29.3 Å². The minimum atomic E-state index is -0.550. The number of phenols is 2. The smallest absolute Gasteiger partial charge is 0.311 e. The third-order valence-electron chi connectivity index (χ3n) is 4.72. The fourth-order valence-corrected chi connectivity index (χ4v) is 3.17. The van der Waals surface area contributed by atoms with Gasteiger partial charge in [-0.3, -0.25) is 9.59 Å². The van der Waals surface area contributed by atoms with Crippen LogP contribution < -0.4 is 9.47 Å². The number of carbonyl (C=O) groups excluding carboxylic acids is 2. The first kappa shape index (κ1) is 18.8. The minimum absolute atomic E-state index is 0.0686. The quantitative estimate of drug-likeness (QED) is 0.621. The molecule has 6 heteroatoms. The predicted octanol–water partition coefficient (Wildman–Crippen LogP) is 4.13. The Morgan fingerprint density at radius 1 is 1.15 bits per heavy atom. The van der Waals surface area contributed by atoms with Crippen LogP contribution >= 0.6 is 0 Å². The van der Waals surface area contributed by atoms with Gasteiger partial charge < -0.3 is 19.7 Å².